The van der Waals surface area contributed by atoms with Gasteiger partial charge in [-0.2, -0.15) is 0 Å². The van der Waals surface area contributed by atoms with Crippen LogP contribution in [0.25, 0.3) is 10.2 Å². The van der Waals surface area contributed by atoms with Gasteiger partial charge in [0.1, 0.15) is 12.2 Å². The molecule has 0 aliphatic heterocycles. The number of fused-ring (bicyclic) bond motifs is 1. The number of H-pyrrole nitrogens is 1. The molecule has 4 N–H and O–H groups in total. The zero-order chi connectivity index (χ0) is 21.5. The molecule has 4 rings (SSSR count). The van der Waals surface area contributed by atoms with Crippen LogP contribution < -0.4 is 16.0 Å². The third-order valence-corrected chi connectivity index (χ3v) is 5.97. The normalized spacial score (nSPS) is 10.9. The summed E-state index contributed by atoms with van der Waals surface area (Å²) in [5.41, 5.74) is 1.44. The predicted molar refractivity (Wildman–Crippen MR) is 123 cm³/mol. The number of thiazole rings is 1. The zero-order valence-electron chi connectivity index (χ0n) is 16.8. The van der Waals surface area contributed by atoms with Crippen LogP contribution in [0.15, 0.2) is 41.8 Å². The minimum atomic E-state index is -0.167. The first kappa shape index (κ1) is 21.0. The molecule has 0 fully saturated rings. The van der Waals surface area contributed by atoms with E-state index in [2.05, 4.69) is 46.1 Å². The molecule has 4 aromatic rings. The molecule has 0 aliphatic rings. The van der Waals surface area contributed by atoms with Crippen molar-refractivity contribution >= 4 is 50.3 Å². The van der Waals surface area contributed by atoms with E-state index < -0.39 is 0 Å². The molecule has 1 amide bonds. The number of aromatic amines is 1. The topological polar surface area (TPSA) is 133 Å². The van der Waals surface area contributed by atoms with Crippen molar-refractivity contribution in [1.29, 1.82) is 0 Å². The first-order valence-electron chi connectivity index (χ1n) is 9.59. The van der Waals surface area contributed by atoms with E-state index in [9.17, 15) is 4.79 Å². The van der Waals surface area contributed by atoms with Crippen LogP contribution in [0.4, 0.5) is 11.1 Å². The van der Waals surface area contributed by atoms with E-state index in [-0.39, 0.29) is 5.91 Å². The number of benzene rings is 1. The number of aromatic nitrogens is 6. The maximum atomic E-state index is 12.4. The molecule has 3 heterocycles. The minimum absolute atomic E-state index is 0.167. The molecule has 0 saturated heterocycles. The average molecular weight is 456 g/mol. The van der Waals surface area contributed by atoms with E-state index in [1.54, 1.807) is 17.8 Å². The number of nitrogens with one attached hydrogen (secondary N) is 4. The van der Waals surface area contributed by atoms with Crippen LogP contribution in [0.5, 0.6) is 0 Å². The maximum Gasteiger partial charge on any atom is 0.251 e. The molecule has 0 unspecified atom stereocenters. The van der Waals surface area contributed by atoms with Crippen LogP contribution in [-0.2, 0) is 6.54 Å². The lowest BCUT2D eigenvalue weighted by Crippen LogP contribution is -2.23. The van der Waals surface area contributed by atoms with Gasteiger partial charge in [-0.05, 0) is 30.9 Å². The minimum Gasteiger partial charge on any atom is -0.361 e. The van der Waals surface area contributed by atoms with Crippen molar-refractivity contribution in [3.8, 4) is 0 Å². The van der Waals surface area contributed by atoms with Gasteiger partial charge in [0, 0.05) is 35.9 Å². The highest BCUT2D eigenvalue weighted by atomic mass is 32.2. The highest BCUT2D eigenvalue weighted by Gasteiger charge is 2.10. The van der Waals surface area contributed by atoms with Gasteiger partial charge in [0.15, 0.2) is 5.13 Å². The monoisotopic (exact) mass is 455 g/mol. The van der Waals surface area contributed by atoms with Crippen molar-refractivity contribution in [1.82, 2.24) is 35.5 Å². The molecule has 3 aromatic heterocycles. The molecular formula is C19H21N9OS2. The van der Waals surface area contributed by atoms with Crippen molar-refractivity contribution in [2.45, 2.75) is 17.9 Å². The number of thioether (sulfide) groups is 1. The highest BCUT2D eigenvalue weighted by Crippen LogP contribution is 2.26. The van der Waals surface area contributed by atoms with Crippen LogP contribution >= 0.6 is 23.1 Å². The highest BCUT2D eigenvalue weighted by molar-refractivity contribution is 7.98. The first-order valence-corrected chi connectivity index (χ1v) is 11.6. The van der Waals surface area contributed by atoms with Crippen LogP contribution in [0, 0.1) is 0 Å². The smallest absolute Gasteiger partial charge is 0.251 e. The Morgan fingerprint density at radius 1 is 1.19 bits per heavy atom. The molecule has 0 spiro atoms. The molecule has 0 saturated carbocycles. The average Bonchev–Trinajstić information content (AvgIpc) is 3.46. The molecule has 12 heteroatoms. The van der Waals surface area contributed by atoms with E-state index in [0.29, 0.717) is 23.9 Å². The van der Waals surface area contributed by atoms with Gasteiger partial charge in [-0.3, -0.25) is 4.79 Å². The van der Waals surface area contributed by atoms with Crippen LogP contribution in [0.2, 0.25) is 0 Å². The predicted octanol–water partition coefficient (Wildman–Crippen LogP) is 2.77. The summed E-state index contributed by atoms with van der Waals surface area (Å²) in [6.07, 6.45) is 7.98. The van der Waals surface area contributed by atoms with E-state index in [4.69, 9.17) is 0 Å². The number of hydrogen-bond donors (Lipinski definition) is 4. The lowest BCUT2D eigenvalue weighted by atomic mass is 10.2. The van der Waals surface area contributed by atoms with Gasteiger partial charge in [-0.25, -0.2) is 15.0 Å². The van der Waals surface area contributed by atoms with Gasteiger partial charge in [0.05, 0.1) is 16.8 Å². The number of anilines is 2. The molecule has 0 atom stereocenters. The number of hydrogen-bond acceptors (Lipinski definition) is 10. The summed E-state index contributed by atoms with van der Waals surface area (Å²) in [6.45, 7) is 1.82. The van der Waals surface area contributed by atoms with E-state index in [1.165, 1.54) is 17.7 Å². The Morgan fingerprint density at radius 2 is 2.03 bits per heavy atom. The number of nitrogens with zero attached hydrogens (tertiary/aromatic N) is 5. The molecule has 1 aromatic carbocycles. The molecule has 0 bridgehead atoms. The Kier molecular flexibility index (Phi) is 6.89. The second-order valence-corrected chi connectivity index (χ2v) is 8.38. The second-order valence-electron chi connectivity index (χ2n) is 6.47. The summed E-state index contributed by atoms with van der Waals surface area (Å²) >= 11 is 3.14. The molecule has 0 aliphatic carbocycles. The number of rotatable bonds is 10. The van der Waals surface area contributed by atoms with Crippen molar-refractivity contribution in [2.75, 3.05) is 30.0 Å². The summed E-state index contributed by atoms with van der Waals surface area (Å²) < 4.78 is 0.954. The van der Waals surface area contributed by atoms with Gasteiger partial charge < -0.3 is 20.9 Å². The summed E-state index contributed by atoms with van der Waals surface area (Å²) in [7, 11) is 0. The van der Waals surface area contributed by atoms with Crippen molar-refractivity contribution in [2.24, 2.45) is 0 Å². The summed E-state index contributed by atoms with van der Waals surface area (Å²) in [4.78, 5) is 29.4. The van der Waals surface area contributed by atoms with Gasteiger partial charge in [0.25, 0.3) is 5.91 Å². The summed E-state index contributed by atoms with van der Waals surface area (Å²) in [5, 5.41) is 17.7. The van der Waals surface area contributed by atoms with Crippen molar-refractivity contribution in [3.05, 3.63) is 48.3 Å². The molecular weight excluding hydrogens is 434 g/mol. The largest absolute Gasteiger partial charge is 0.361 e. The fourth-order valence-electron chi connectivity index (χ4n) is 2.72. The number of amides is 1. The molecule has 31 heavy (non-hydrogen) atoms. The van der Waals surface area contributed by atoms with Gasteiger partial charge in [0.2, 0.25) is 5.95 Å². The standard InChI is InChI=1S/C19H21N9OS2/c1-30-13-8-23-18(24-9-13)20-5-2-6-21-19-27-14-4-3-12(7-15(14)31-19)17(29)22-10-16-25-11-26-28-16/h3-4,7-9,11H,2,5-6,10H2,1H3,(H,21,27)(H,22,29)(H,20,23,24)(H,25,26,28). The number of carbonyl (C=O) groups excluding carboxylic acids is 1. The van der Waals surface area contributed by atoms with E-state index in [0.717, 1.165) is 39.8 Å². The fraction of sp³-hybridized carbons (Fsp3) is 0.263. The Hall–Kier alpha value is -3.25. The van der Waals surface area contributed by atoms with Gasteiger partial charge in [-0.1, -0.05) is 11.3 Å². The lowest BCUT2D eigenvalue weighted by molar-refractivity contribution is 0.0950. The van der Waals surface area contributed by atoms with Crippen LogP contribution in [0.3, 0.4) is 0 Å². The Morgan fingerprint density at radius 3 is 2.81 bits per heavy atom. The quantitative estimate of drug-likeness (QED) is 0.210. The fourth-order valence-corrected chi connectivity index (χ4v) is 3.97. The molecule has 10 nitrogen and oxygen atoms in total. The van der Waals surface area contributed by atoms with E-state index >= 15 is 0 Å². The first-order chi connectivity index (χ1) is 15.2. The van der Waals surface area contributed by atoms with Crippen LogP contribution in [0.1, 0.15) is 22.6 Å². The summed E-state index contributed by atoms with van der Waals surface area (Å²) in [5.74, 6) is 1.07. The lowest BCUT2D eigenvalue weighted by Gasteiger charge is -2.05. The molecule has 160 valence electrons. The number of carbonyl (C=O) groups is 1. The van der Waals surface area contributed by atoms with Crippen molar-refractivity contribution in [3.63, 3.8) is 0 Å². The molecule has 0 radical (unpaired) electrons. The van der Waals surface area contributed by atoms with Crippen molar-refractivity contribution < 1.29 is 4.79 Å². The Bertz CT molecular complexity index is 1130. The maximum absolute atomic E-state index is 12.4. The second kappa shape index (κ2) is 10.2. The van der Waals surface area contributed by atoms with Gasteiger partial charge in [-0.15, -0.1) is 22.0 Å². The van der Waals surface area contributed by atoms with Crippen LogP contribution in [-0.4, -0.2) is 55.4 Å². The zero-order valence-corrected chi connectivity index (χ0v) is 18.4. The SMILES string of the molecule is CSc1cnc(NCCCNc2nc3ccc(C(=O)NCc4nnc[nH]4)cc3s2)nc1. The Balaban J connectivity index is 1.25. The third-order valence-electron chi connectivity index (χ3n) is 4.31. The summed E-state index contributed by atoms with van der Waals surface area (Å²) in [6, 6.07) is 5.48. The van der Waals surface area contributed by atoms with Gasteiger partial charge >= 0.3 is 0 Å². The Labute approximate surface area is 186 Å². The third kappa shape index (κ3) is 5.67. The van der Waals surface area contributed by atoms with E-state index in [1.807, 2.05) is 30.8 Å².